The molecule has 0 aliphatic heterocycles. The van der Waals surface area contributed by atoms with Crippen molar-refractivity contribution in [2.75, 3.05) is 7.11 Å². The Morgan fingerprint density at radius 3 is 2.07 bits per heavy atom. The van der Waals surface area contributed by atoms with Crippen LogP contribution >= 0.6 is 0 Å². The van der Waals surface area contributed by atoms with Gasteiger partial charge in [-0.3, -0.25) is 4.79 Å². The fourth-order valence-electron chi connectivity index (χ4n) is 3.05. The van der Waals surface area contributed by atoms with Gasteiger partial charge in [0.15, 0.2) is 0 Å². The van der Waals surface area contributed by atoms with Crippen LogP contribution < -0.4 is 4.74 Å². The summed E-state index contributed by atoms with van der Waals surface area (Å²) in [5, 5.41) is 0. The zero-order valence-corrected chi connectivity index (χ0v) is 16.5. The first kappa shape index (κ1) is 18.9. The Labute approximate surface area is 159 Å². The molecule has 1 aromatic heterocycles. The second-order valence-electron chi connectivity index (χ2n) is 6.46. The number of nitrogens with zero attached hydrogens (tertiary/aromatic N) is 1. The monoisotopic (exact) mass is 383 g/mol. The molecule has 0 N–H and O–H groups in total. The van der Waals surface area contributed by atoms with Crippen LogP contribution in [0, 0.1) is 20.8 Å². The summed E-state index contributed by atoms with van der Waals surface area (Å²) in [5.74, 6) is 0.279. The Morgan fingerprint density at radius 2 is 1.52 bits per heavy atom. The molecule has 0 fully saturated rings. The molecule has 3 rings (SSSR count). The van der Waals surface area contributed by atoms with E-state index in [2.05, 4.69) is 0 Å². The number of aryl methyl sites for hydroxylation is 3. The second-order valence-corrected chi connectivity index (χ2v) is 8.24. The van der Waals surface area contributed by atoms with Gasteiger partial charge in [0.1, 0.15) is 11.4 Å². The van der Waals surface area contributed by atoms with Crippen LogP contribution in [0.25, 0.3) is 0 Å². The van der Waals surface area contributed by atoms with E-state index < -0.39 is 10.0 Å². The van der Waals surface area contributed by atoms with Crippen molar-refractivity contribution < 1.29 is 17.9 Å². The molecular formula is C21H21NO4S. The van der Waals surface area contributed by atoms with Crippen LogP contribution in [0.5, 0.6) is 5.75 Å². The highest BCUT2D eigenvalue weighted by atomic mass is 32.2. The van der Waals surface area contributed by atoms with Gasteiger partial charge in [-0.1, -0.05) is 17.7 Å². The van der Waals surface area contributed by atoms with Crippen LogP contribution in [-0.4, -0.2) is 25.3 Å². The lowest BCUT2D eigenvalue weighted by Gasteiger charge is -2.13. The Bertz CT molecular complexity index is 1090. The predicted octanol–water partition coefficient (Wildman–Crippen LogP) is 3.89. The maximum absolute atomic E-state index is 13.2. The third-order valence-corrected chi connectivity index (χ3v) is 6.27. The van der Waals surface area contributed by atoms with E-state index in [1.165, 1.54) is 0 Å². The van der Waals surface area contributed by atoms with E-state index >= 15 is 0 Å². The minimum absolute atomic E-state index is 0.149. The first-order valence-corrected chi connectivity index (χ1v) is 9.89. The summed E-state index contributed by atoms with van der Waals surface area (Å²) >= 11 is 0. The standard InChI is InChI=1S/C21H21NO4S/c1-14-5-11-19(12-6-14)27(24,25)22-16(3)13-15(2)20(22)21(23)17-7-9-18(26-4)10-8-17/h5-13H,1-4H3. The van der Waals surface area contributed by atoms with Gasteiger partial charge in [0.2, 0.25) is 5.78 Å². The largest absolute Gasteiger partial charge is 0.497 e. The molecular weight excluding hydrogens is 362 g/mol. The van der Waals surface area contributed by atoms with Gasteiger partial charge < -0.3 is 4.74 Å². The Balaban J connectivity index is 2.15. The van der Waals surface area contributed by atoms with Gasteiger partial charge in [-0.05, 0) is 68.8 Å². The number of rotatable bonds is 5. The highest BCUT2D eigenvalue weighted by Gasteiger charge is 2.27. The smallest absolute Gasteiger partial charge is 0.268 e. The topological polar surface area (TPSA) is 65.4 Å². The molecule has 0 radical (unpaired) electrons. The lowest BCUT2D eigenvalue weighted by atomic mass is 10.1. The van der Waals surface area contributed by atoms with E-state index in [9.17, 15) is 13.2 Å². The summed E-state index contributed by atoms with van der Waals surface area (Å²) in [4.78, 5) is 13.3. The summed E-state index contributed by atoms with van der Waals surface area (Å²) in [7, 11) is -2.35. The Hall–Kier alpha value is -2.86. The number of ketones is 1. The normalized spacial score (nSPS) is 11.4. The van der Waals surface area contributed by atoms with Crippen molar-refractivity contribution in [3.63, 3.8) is 0 Å². The number of aromatic nitrogens is 1. The highest BCUT2D eigenvalue weighted by molar-refractivity contribution is 7.90. The molecule has 5 nitrogen and oxygen atoms in total. The zero-order chi connectivity index (χ0) is 19.8. The van der Waals surface area contributed by atoms with Crippen molar-refractivity contribution in [1.29, 1.82) is 0 Å². The van der Waals surface area contributed by atoms with Gasteiger partial charge in [0.25, 0.3) is 10.0 Å². The maximum Gasteiger partial charge on any atom is 0.268 e. The number of methoxy groups -OCH3 is 1. The molecule has 0 aliphatic carbocycles. The van der Waals surface area contributed by atoms with Gasteiger partial charge in [-0.15, -0.1) is 0 Å². The average molecular weight is 383 g/mol. The van der Waals surface area contributed by atoms with E-state index in [4.69, 9.17) is 4.74 Å². The number of carbonyl (C=O) groups is 1. The summed E-state index contributed by atoms with van der Waals surface area (Å²) < 4.78 is 32.7. The summed E-state index contributed by atoms with van der Waals surface area (Å²) in [6.45, 7) is 5.31. The molecule has 0 atom stereocenters. The molecule has 3 aromatic rings. The second kappa shape index (κ2) is 7.04. The first-order valence-electron chi connectivity index (χ1n) is 8.45. The lowest BCUT2D eigenvalue weighted by Crippen LogP contribution is -2.21. The molecule has 0 saturated carbocycles. The van der Waals surface area contributed by atoms with E-state index in [1.54, 1.807) is 75.6 Å². The van der Waals surface area contributed by atoms with Crippen molar-refractivity contribution in [3.8, 4) is 5.75 Å². The minimum Gasteiger partial charge on any atom is -0.497 e. The number of carbonyl (C=O) groups excluding carboxylic acids is 1. The molecule has 2 aromatic carbocycles. The van der Waals surface area contributed by atoms with Crippen molar-refractivity contribution in [2.45, 2.75) is 25.7 Å². The lowest BCUT2D eigenvalue weighted by molar-refractivity contribution is 0.103. The fourth-order valence-corrected chi connectivity index (χ4v) is 4.64. The predicted molar refractivity (Wildman–Crippen MR) is 104 cm³/mol. The summed E-state index contributed by atoms with van der Waals surface area (Å²) in [5.41, 5.74) is 2.62. The Morgan fingerprint density at radius 1 is 0.926 bits per heavy atom. The van der Waals surface area contributed by atoms with Gasteiger partial charge in [-0.2, -0.15) is 0 Å². The van der Waals surface area contributed by atoms with Crippen molar-refractivity contribution >= 4 is 15.8 Å². The number of benzene rings is 2. The molecule has 6 heteroatoms. The molecule has 0 bridgehead atoms. The van der Waals surface area contributed by atoms with Crippen LogP contribution in [0.3, 0.4) is 0 Å². The van der Waals surface area contributed by atoms with Crippen molar-refractivity contribution in [3.05, 3.63) is 82.7 Å². The number of hydrogen-bond acceptors (Lipinski definition) is 4. The van der Waals surface area contributed by atoms with Crippen LogP contribution in [0.1, 0.15) is 32.9 Å². The first-order chi connectivity index (χ1) is 12.8. The van der Waals surface area contributed by atoms with Crippen molar-refractivity contribution in [2.24, 2.45) is 0 Å². The van der Waals surface area contributed by atoms with E-state index in [0.29, 0.717) is 22.6 Å². The average Bonchev–Trinajstić information content (AvgIpc) is 2.96. The van der Waals surface area contributed by atoms with Crippen LogP contribution in [0.4, 0.5) is 0 Å². The maximum atomic E-state index is 13.2. The number of ether oxygens (including phenoxy) is 1. The molecule has 0 spiro atoms. The van der Waals surface area contributed by atoms with Crippen LogP contribution in [0.15, 0.2) is 59.5 Å². The van der Waals surface area contributed by atoms with E-state index in [1.807, 2.05) is 6.92 Å². The molecule has 0 amide bonds. The molecule has 0 aliphatic rings. The minimum atomic E-state index is -3.89. The van der Waals surface area contributed by atoms with Gasteiger partial charge in [0.05, 0.1) is 12.0 Å². The third kappa shape index (κ3) is 3.40. The molecule has 0 saturated heterocycles. The van der Waals surface area contributed by atoms with Crippen LogP contribution in [-0.2, 0) is 10.0 Å². The summed E-state index contributed by atoms with van der Waals surface area (Å²) in [6, 6.07) is 14.9. The highest BCUT2D eigenvalue weighted by Crippen LogP contribution is 2.26. The van der Waals surface area contributed by atoms with Crippen molar-refractivity contribution in [1.82, 2.24) is 3.97 Å². The molecule has 1 heterocycles. The quantitative estimate of drug-likeness (QED) is 0.627. The summed E-state index contributed by atoms with van der Waals surface area (Å²) in [6.07, 6.45) is 0. The van der Waals surface area contributed by atoms with Gasteiger partial charge in [-0.25, -0.2) is 12.4 Å². The molecule has 140 valence electrons. The molecule has 0 unspecified atom stereocenters. The van der Waals surface area contributed by atoms with E-state index in [0.717, 1.165) is 9.54 Å². The van der Waals surface area contributed by atoms with Crippen LogP contribution in [0.2, 0.25) is 0 Å². The fraction of sp³-hybridized carbons (Fsp3) is 0.190. The SMILES string of the molecule is COc1ccc(C(=O)c2c(C)cc(C)n2S(=O)(=O)c2ccc(C)cc2)cc1. The zero-order valence-electron chi connectivity index (χ0n) is 15.7. The molecule has 27 heavy (non-hydrogen) atoms. The van der Waals surface area contributed by atoms with E-state index in [-0.39, 0.29) is 16.4 Å². The number of hydrogen-bond donors (Lipinski definition) is 0. The third-order valence-electron chi connectivity index (χ3n) is 4.45. The Kier molecular flexibility index (Phi) is 4.93. The van der Waals surface area contributed by atoms with Gasteiger partial charge in [0, 0.05) is 11.3 Å². The van der Waals surface area contributed by atoms with Gasteiger partial charge >= 0.3 is 0 Å².